The fraction of sp³-hybridized carbons (Fsp3) is 0.545. The number of hydrogen-bond donors (Lipinski definition) is 0. The van der Waals surface area contributed by atoms with E-state index >= 15 is 0 Å². The molecule has 1 rings (SSSR count). The van der Waals surface area contributed by atoms with E-state index in [2.05, 4.69) is 25.8 Å². The highest BCUT2D eigenvalue weighted by Crippen LogP contribution is 2.26. The molecule has 1 aromatic rings. The summed E-state index contributed by atoms with van der Waals surface area (Å²) < 4.78 is 5.10. The van der Waals surface area contributed by atoms with Crippen molar-refractivity contribution >= 4 is 11.6 Å². The lowest BCUT2D eigenvalue weighted by Crippen LogP contribution is -2.16. The van der Waals surface area contributed by atoms with Crippen molar-refractivity contribution in [3.8, 4) is 5.88 Å². The maximum atomic E-state index is 5.85. The summed E-state index contributed by atoms with van der Waals surface area (Å²) >= 11 is 5.85. The second-order valence-corrected chi connectivity index (χ2v) is 4.51. The summed E-state index contributed by atoms with van der Waals surface area (Å²) in [4.78, 5) is 4.43. The van der Waals surface area contributed by atoms with Crippen LogP contribution < -0.4 is 4.74 Å². The van der Waals surface area contributed by atoms with Gasteiger partial charge in [-0.15, -0.1) is 11.6 Å². The first-order chi connectivity index (χ1) is 6.49. The van der Waals surface area contributed by atoms with Gasteiger partial charge in [0.05, 0.1) is 12.8 Å². The first-order valence-corrected chi connectivity index (χ1v) is 5.13. The average molecular weight is 214 g/mol. The monoisotopic (exact) mass is 213 g/mol. The molecule has 1 heterocycles. The molecular formula is C11H16ClNO. The Bertz CT molecular complexity index is 318. The number of nitrogens with zero attached hydrogens (tertiary/aromatic N) is 1. The van der Waals surface area contributed by atoms with Crippen LogP contribution >= 0.6 is 11.6 Å². The minimum atomic E-state index is -0.00123. The van der Waals surface area contributed by atoms with Crippen molar-refractivity contribution in [1.29, 1.82) is 0 Å². The molecule has 78 valence electrons. The van der Waals surface area contributed by atoms with Crippen molar-refractivity contribution in [1.82, 2.24) is 4.98 Å². The minimum absolute atomic E-state index is 0.00123. The van der Waals surface area contributed by atoms with Gasteiger partial charge >= 0.3 is 0 Å². The van der Waals surface area contributed by atoms with E-state index in [4.69, 9.17) is 16.3 Å². The molecular weight excluding hydrogens is 198 g/mol. The number of rotatable bonds is 2. The molecule has 0 atom stereocenters. The van der Waals surface area contributed by atoms with Gasteiger partial charge in [0, 0.05) is 17.4 Å². The zero-order chi connectivity index (χ0) is 10.8. The van der Waals surface area contributed by atoms with Gasteiger partial charge in [0.1, 0.15) is 0 Å². The molecule has 0 aliphatic heterocycles. The molecule has 0 radical (unpaired) electrons. The fourth-order valence-electron chi connectivity index (χ4n) is 1.34. The van der Waals surface area contributed by atoms with E-state index in [1.807, 2.05) is 12.1 Å². The SMILES string of the molecule is COc1ccc(CCl)c(C(C)(C)C)n1. The summed E-state index contributed by atoms with van der Waals surface area (Å²) in [5.41, 5.74) is 2.07. The molecule has 0 saturated carbocycles. The quantitative estimate of drug-likeness (QED) is 0.705. The molecule has 14 heavy (non-hydrogen) atoms. The first kappa shape index (κ1) is 11.3. The number of aromatic nitrogens is 1. The Kier molecular flexibility index (Phi) is 3.38. The van der Waals surface area contributed by atoms with Crippen LogP contribution in [0, 0.1) is 0 Å². The third-order valence-corrected chi connectivity index (χ3v) is 2.30. The van der Waals surface area contributed by atoms with Crippen LogP contribution in [0.25, 0.3) is 0 Å². The molecule has 0 saturated heterocycles. The number of methoxy groups -OCH3 is 1. The fourth-order valence-corrected chi connectivity index (χ4v) is 1.56. The molecule has 0 aromatic carbocycles. The number of ether oxygens (including phenoxy) is 1. The highest BCUT2D eigenvalue weighted by Gasteiger charge is 2.19. The van der Waals surface area contributed by atoms with Crippen molar-refractivity contribution < 1.29 is 4.74 Å². The van der Waals surface area contributed by atoms with Crippen LogP contribution in [0.2, 0.25) is 0 Å². The van der Waals surface area contributed by atoms with Crippen molar-refractivity contribution in [2.24, 2.45) is 0 Å². The van der Waals surface area contributed by atoms with Crippen LogP contribution in [-0.4, -0.2) is 12.1 Å². The molecule has 0 N–H and O–H groups in total. The molecule has 0 unspecified atom stereocenters. The topological polar surface area (TPSA) is 22.1 Å². The van der Waals surface area contributed by atoms with Crippen molar-refractivity contribution in [2.75, 3.05) is 7.11 Å². The first-order valence-electron chi connectivity index (χ1n) is 4.59. The van der Waals surface area contributed by atoms with Gasteiger partial charge in [-0.25, -0.2) is 4.98 Å². The van der Waals surface area contributed by atoms with Gasteiger partial charge in [-0.1, -0.05) is 26.8 Å². The smallest absolute Gasteiger partial charge is 0.213 e. The number of halogens is 1. The van der Waals surface area contributed by atoms with Crippen LogP contribution in [-0.2, 0) is 11.3 Å². The third kappa shape index (κ3) is 2.38. The van der Waals surface area contributed by atoms with Crippen LogP contribution in [0.3, 0.4) is 0 Å². The molecule has 0 bridgehead atoms. The largest absolute Gasteiger partial charge is 0.481 e. The molecule has 0 amide bonds. The van der Waals surface area contributed by atoms with E-state index in [1.165, 1.54) is 0 Å². The number of pyridine rings is 1. The summed E-state index contributed by atoms with van der Waals surface area (Å²) in [6.07, 6.45) is 0. The molecule has 2 nitrogen and oxygen atoms in total. The zero-order valence-corrected chi connectivity index (χ0v) is 9.85. The maximum Gasteiger partial charge on any atom is 0.213 e. The Morgan fingerprint density at radius 1 is 1.36 bits per heavy atom. The molecule has 0 fully saturated rings. The molecule has 1 aromatic heterocycles. The summed E-state index contributed by atoms with van der Waals surface area (Å²) in [6.45, 7) is 6.35. The second kappa shape index (κ2) is 4.18. The minimum Gasteiger partial charge on any atom is -0.481 e. The van der Waals surface area contributed by atoms with E-state index in [0.717, 1.165) is 11.3 Å². The Morgan fingerprint density at radius 2 is 2.00 bits per heavy atom. The van der Waals surface area contributed by atoms with Gasteiger partial charge in [0.25, 0.3) is 0 Å². The summed E-state index contributed by atoms with van der Waals surface area (Å²) in [6, 6.07) is 3.81. The highest BCUT2D eigenvalue weighted by atomic mass is 35.5. The van der Waals surface area contributed by atoms with E-state index < -0.39 is 0 Å². The van der Waals surface area contributed by atoms with E-state index in [0.29, 0.717) is 11.8 Å². The van der Waals surface area contributed by atoms with Crippen LogP contribution in [0.15, 0.2) is 12.1 Å². The average Bonchev–Trinajstić information content (AvgIpc) is 2.15. The maximum absolute atomic E-state index is 5.85. The molecule has 0 aliphatic carbocycles. The van der Waals surface area contributed by atoms with Crippen molar-refractivity contribution in [3.05, 3.63) is 23.4 Å². The summed E-state index contributed by atoms with van der Waals surface area (Å²) in [7, 11) is 1.62. The number of alkyl halides is 1. The molecule has 0 spiro atoms. The second-order valence-electron chi connectivity index (χ2n) is 4.24. The van der Waals surface area contributed by atoms with Gasteiger partial charge in [0.15, 0.2) is 0 Å². The lowest BCUT2D eigenvalue weighted by atomic mass is 9.89. The Labute approximate surface area is 90.3 Å². The van der Waals surface area contributed by atoms with E-state index in [1.54, 1.807) is 7.11 Å². The Hall–Kier alpha value is -0.760. The van der Waals surface area contributed by atoms with Gasteiger partial charge in [-0.3, -0.25) is 0 Å². The van der Waals surface area contributed by atoms with E-state index in [9.17, 15) is 0 Å². The summed E-state index contributed by atoms with van der Waals surface area (Å²) in [5.74, 6) is 1.13. The van der Waals surface area contributed by atoms with Gasteiger partial charge in [-0.05, 0) is 5.56 Å². The van der Waals surface area contributed by atoms with Crippen molar-refractivity contribution in [3.63, 3.8) is 0 Å². The molecule has 0 aliphatic rings. The van der Waals surface area contributed by atoms with Gasteiger partial charge in [-0.2, -0.15) is 0 Å². The Morgan fingerprint density at radius 3 is 2.43 bits per heavy atom. The predicted molar refractivity (Wildman–Crippen MR) is 59.0 cm³/mol. The Balaban J connectivity index is 3.22. The predicted octanol–water partition coefficient (Wildman–Crippen LogP) is 3.13. The van der Waals surface area contributed by atoms with Crippen LogP contribution in [0.4, 0.5) is 0 Å². The normalized spacial score (nSPS) is 11.5. The van der Waals surface area contributed by atoms with Crippen LogP contribution in [0.1, 0.15) is 32.0 Å². The van der Waals surface area contributed by atoms with E-state index in [-0.39, 0.29) is 5.41 Å². The summed E-state index contributed by atoms with van der Waals surface area (Å²) in [5, 5.41) is 0. The zero-order valence-electron chi connectivity index (χ0n) is 9.10. The highest BCUT2D eigenvalue weighted by molar-refractivity contribution is 6.17. The third-order valence-electron chi connectivity index (χ3n) is 2.02. The molecule has 3 heteroatoms. The standard InChI is InChI=1S/C11H16ClNO/c1-11(2,3)10-8(7-12)5-6-9(13-10)14-4/h5-6H,7H2,1-4H3. The number of hydrogen-bond acceptors (Lipinski definition) is 2. The van der Waals surface area contributed by atoms with Gasteiger partial charge < -0.3 is 4.74 Å². The lowest BCUT2D eigenvalue weighted by molar-refractivity contribution is 0.391. The lowest BCUT2D eigenvalue weighted by Gasteiger charge is -2.21. The van der Waals surface area contributed by atoms with Crippen LogP contribution in [0.5, 0.6) is 5.88 Å². The van der Waals surface area contributed by atoms with Crippen molar-refractivity contribution in [2.45, 2.75) is 32.1 Å². The van der Waals surface area contributed by atoms with Gasteiger partial charge in [0.2, 0.25) is 5.88 Å².